The normalized spacial score (nSPS) is 13.9. The molecule has 14 heavy (non-hydrogen) atoms. The van der Waals surface area contributed by atoms with E-state index in [0.29, 0.717) is 10.5 Å². The van der Waals surface area contributed by atoms with Crippen LogP contribution in [0.5, 0.6) is 0 Å². The monoisotopic (exact) mass is 214 g/mol. The number of hydrogen-bond acceptors (Lipinski definition) is 0. The summed E-state index contributed by atoms with van der Waals surface area (Å²) in [7, 11) is 1.14. The zero-order valence-electron chi connectivity index (χ0n) is 11.0. The molecule has 0 N–H and O–H groups in total. The largest absolute Gasteiger partial charge is 0.155 e. The first-order valence-corrected chi connectivity index (χ1v) is 7.41. The third kappa shape index (κ3) is 4.34. The Bertz CT molecular complexity index is 130. The van der Waals surface area contributed by atoms with E-state index in [1.807, 2.05) is 0 Å². The van der Waals surface area contributed by atoms with Gasteiger partial charge in [-0.2, -0.15) is 8.46 Å². The second-order valence-electron chi connectivity index (χ2n) is 5.14. The lowest BCUT2D eigenvalue weighted by Crippen LogP contribution is -2.21. The summed E-state index contributed by atoms with van der Waals surface area (Å²) in [5.74, 6) is 0. The lowest BCUT2D eigenvalue weighted by atomic mass is 9.65. The van der Waals surface area contributed by atoms with Gasteiger partial charge in [-0.15, -0.1) is 0 Å². The topological polar surface area (TPSA) is 0 Å². The van der Waals surface area contributed by atoms with E-state index in [-0.39, 0.29) is 0 Å². The van der Waals surface area contributed by atoms with E-state index >= 15 is 0 Å². The van der Waals surface area contributed by atoms with Crippen LogP contribution in [0.1, 0.15) is 67.2 Å². The Morgan fingerprint density at radius 1 is 0.857 bits per heavy atom. The summed E-state index contributed by atoms with van der Waals surface area (Å²) in [5, 5.41) is 1.22. The Balaban J connectivity index is 4.14. The van der Waals surface area contributed by atoms with Crippen molar-refractivity contribution in [3.05, 3.63) is 0 Å². The standard InChI is InChI=1S/C12H28BP/c1-7-11(5,8-2)13-14-12(6,9-3)10-4/h13-14H,7-10H2,1-6H3. The molecule has 0 aliphatic rings. The predicted octanol–water partition coefficient (Wildman–Crippen LogP) is 4.59. The first-order chi connectivity index (χ1) is 6.45. The van der Waals surface area contributed by atoms with Crippen LogP contribution in [0.15, 0.2) is 0 Å². The van der Waals surface area contributed by atoms with Gasteiger partial charge in [0.05, 0.1) is 0 Å². The van der Waals surface area contributed by atoms with Crippen molar-refractivity contribution in [2.24, 2.45) is 0 Å². The summed E-state index contributed by atoms with van der Waals surface area (Å²) in [4.78, 5) is 0. The second kappa shape index (κ2) is 6.16. The van der Waals surface area contributed by atoms with Gasteiger partial charge in [0.15, 0.2) is 7.00 Å². The SMILES string of the molecule is CCC(C)(BPC(C)(CC)CC)CC. The van der Waals surface area contributed by atoms with Crippen molar-refractivity contribution in [2.45, 2.75) is 77.7 Å². The molecule has 0 aliphatic heterocycles. The van der Waals surface area contributed by atoms with Crippen LogP contribution in [0.3, 0.4) is 0 Å². The fourth-order valence-electron chi connectivity index (χ4n) is 1.43. The molecule has 0 saturated heterocycles. The molecular weight excluding hydrogens is 186 g/mol. The van der Waals surface area contributed by atoms with Crippen LogP contribution in [-0.4, -0.2) is 12.2 Å². The summed E-state index contributed by atoms with van der Waals surface area (Å²) in [6.07, 6.45) is 5.34. The van der Waals surface area contributed by atoms with Gasteiger partial charge in [0.1, 0.15) is 0 Å². The van der Waals surface area contributed by atoms with Gasteiger partial charge in [0, 0.05) is 0 Å². The van der Waals surface area contributed by atoms with Gasteiger partial charge in [0.25, 0.3) is 0 Å². The van der Waals surface area contributed by atoms with Crippen LogP contribution in [0.4, 0.5) is 0 Å². The lowest BCUT2D eigenvalue weighted by molar-refractivity contribution is 0.564. The van der Waals surface area contributed by atoms with Crippen molar-refractivity contribution in [1.29, 1.82) is 0 Å². The maximum Gasteiger partial charge on any atom is 0.155 e. The number of hydrogen-bond donors (Lipinski definition) is 0. The van der Waals surface area contributed by atoms with Crippen LogP contribution in [-0.2, 0) is 0 Å². The smallest absolute Gasteiger partial charge is 0.153 e. The van der Waals surface area contributed by atoms with E-state index in [1.54, 1.807) is 0 Å². The van der Waals surface area contributed by atoms with Crippen molar-refractivity contribution in [1.82, 2.24) is 0 Å². The molecule has 0 aromatic carbocycles. The summed E-state index contributed by atoms with van der Waals surface area (Å²) in [6.45, 7) is 15.7. The molecule has 2 heteroatoms. The second-order valence-corrected chi connectivity index (χ2v) is 7.05. The van der Waals surface area contributed by atoms with Crippen molar-refractivity contribution >= 4 is 15.5 Å². The van der Waals surface area contributed by atoms with E-state index in [0.717, 1.165) is 8.46 Å². The van der Waals surface area contributed by atoms with Gasteiger partial charge in [0.2, 0.25) is 0 Å². The Morgan fingerprint density at radius 3 is 1.57 bits per heavy atom. The molecule has 0 aromatic heterocycles. The highest BCUT2D eigenvalue weighted by Crippen LogP contribution is 2.45. The molecule has 0 bridgehead atoms. The fraction of sp³-hybridized carbons (Fsp3) is 1.00. The molecule has 0 fully saturated rings. The molecular formula is C12H28BP. The minimum atomic E-state index is 0.601. The molecule has 0 amide bonds. The van der Waals surface area contributed by atoms with Crippen LogP contribution in [0.2, 0.25) is 5.31 Å². The third-order valence-corrected chi connectivity index (χ3v) is 6.80. The summed E-state index contributed by atoms with van der Waals surface area (Å²) >= 11 is 0. The highest BCUT2D eigenvalue weighted by Gasteiger charge is 2.27. The van der Waals surface area contributed by atoms with E-state index in [4.69, 9.17) is 0 Å². The van der Waals surface area contributed by atoms with E-state index in [2.05, 4.69) is 41.5 Å². The number of rotatable bonds is 7. The molecule has 0 radical (unpaired) electrons. The molecule has 0 saturated carbocycles. The van der Waals surface area contributed by atoms with Crippen molar-refractivity contribution in [3.63, 3.8) is 0 Å². The van der Waals surface area contributed by atoms with Crippen LogP contribution in [0, 0.1) is 0 Å². The zero-order chi connectivity index (χ0) is 11.2. The summed E-state index contributed by atoms with van der Waals surface area (Å²) in [6, 6.07) is 0. The van der Waals surface area contributed by atoms with Crippen molar-refractivity contribution in [3.8, 4) is 0 Å². The molecule has 0 aromatic rings. The molecule has 0 spiro atoms. The third-order valence-electron chi connectivity index (χ3n) is 4.21. The average Bonchev–Trinajstić information content (AvgIpc) is 2.25. The average molecular weight is 214 g/mol. The lowest BCUT2D eigenvalue weighted by Gasteiger charge is -2.33. The van der Waals surface area contributed by atoms with E-state index in [1.165, 1.54) is 32.7 Å². The first kappa shape index (κ1) is 14.5. The fourth-order valence-corrected chi connectivity index (χ4v) is 3.28. The molecule has 0 heterocycles. The Morgan fingerprint density at radius 2 is 1.29 bits per heavy atom. The molecule has 84 valence electrons. The maximum atomic E-state index is 2.46. The van der Waals surface area contributed by atoms with Crippen molar-refractivity contribution in [2.75, 3.05) is 0 Å². The quantitative estimate of drug-likeness (QED) is 0.429. The highest BCUT2D eigenvalue weighted by molar-refractivity contribution is 7.72. The van der Waals surface area contributed by atoms with Gasteiger partial charge < -0.3 is 0 Å². The maximum absolute atomic E-state index is 2.46. The Kier molecular flexibility index (Phi) is 6.38. The minimum absolute atomic E-state index is 0.601. The van der Waals surface area contributed by atoms with Gasteiger partial charge in [-0.3, -0.25) is 0 Å². The van der Waals surface area contributed by atoms with Gasteiger partial charge in [-0.1, -0.05) is 59.7 Å². The summed E-state index contributed by atoms with van der Waals surface area (Å²) < 4.78 is 0. The summed E-state index contributed by atoms with van der Waals surface area (Å²) in [5.41, 5.74) is 0. The molecule has 1 unspecified atom stereocenters. The molecule has 0 aliphatic carbocycles. The van der Waals surface area contributed by atoms with Gasteiger partial charge in [-0.25, -0.2) is 0 Å². The highest BCUT2D eigenvalue weighted by atomic mass is 31.1. The van der Waals surface area contributed by atoms with Crippen LogP contribution in [0.25, 0.3) is 0 Å². The van der Waals surface area contributed by atoms with E-state index < -0.39 is 0 Å². The predicted molar refractivity (Wildman–Crippen MR) is 73.4 cm³/mol. The van der Waals surface area contributed by atoms with Crippen molar-refractivity contribution < 1.29 is 0 Å². The van der Waals surface area contributed by atoms with Gasteiger partial charge in [-0.05, 0) is 18.0 Å². The first-order valence-electron chi connectivity index (χ1n) is 6.20. The minimum Gasteiger partial charge on any atom is -0.153 e. The molecule has 0 rings (SSSR count). The Labute approximate surface area is 93.6 Å². The zero-order valence-corrected chi connectivity index (χ0v) is 12.0. The van der Waals surface area contributed by atoms with Crippen LogP contribution >= 0.6 is 8.46 Å². The Hall–Kier alpha value is 0.495. The van der Waals surface area contributed by atoms with E-state index in [9.17, 15) is 0 Å². The molecule has 1 atom stereocenters. The molecule has 0 nitrogen and oxygen atoms in total. The van der Waals surface area contributed by atoms with Gasteiger partial charge >= 0.3 is 0 Å². The van der Waals surface area contributed by atoms with Crippen LogP contribution < -0.4 is 0 Å².